The highest BCUT2D eigenvalue weighted by Gasteiger charge is 2.32. The van der Waals surface area contributed by atoms with Crippen LogP contribution in [-0.2, 0) is 16.1 Å². The molecule has 6 heteroatoms. The summed E-state index contributed by atoms with van der Waals surface area (Å²) < 4.78 is 0. The molecule has 1 aliphatic rings. The number of hydrogen-bond acceptors (Lipinski definition) is 4. The van der Waals surface area contributed by atoms with Gasteiger partial charge in [-0.3, -0.25) is 9.59 Å². The molecule has 1 aromatic heterocycles. The first-order valence-electron chi connectivity index (χ1n) is 8.56. The number of carbonyl (C=O) groups excluding carboxylic acids is 2. The highest BCUT2D eigenvalue weighted by Crippen LogP contribution is 2.25. The van der Waals surface area contributed by atoms with Crippen molar-refractivity contribution in [2.24, 2.45) is 0 Å². The molecule has 25 heavy (non-hydrogen) atoms. The van der Waals surface area contributed by atoms with Crippen molar-refractivity contribution in [3.8, 4) is 0 Å². The third kappa shape index (κ3) is 4.21. The maximum atomic E-state index is 12.9. The molecular weight excluding hydrogens is 316 g/mol. The van der Waals surface area contributed by atoms with Gasteiger partial charge in [-0.25, -0.2) is 9.97 Å². The SMILES string of the molecule is Cc1nccc(CNC(=O)[C@H](c2ccccc2)N2CCCCC2=O)n1. The Morgan fingerprint density at radius 3 is 2.76 bits per heavy atom. The summed E-state index contributed by atoms with van der Waals surface area (Å²) in [6, 6.07) is 10.6. The summed E-state index contributed by atoms with van der Waals surface area (Å²) in [5.74, 6) is 0.517. The smallest absolute Gasteiger partial charge is 0.247 e. The predicted octanol–water partition coefficient (Wildman–Crippen LogP) is 2.16. The van der Waals surface area contributed by atoms with Crippen LogP contribution in [0.15, 0.2) is 42.6 Å². The van der Waals surface area contributed by atoms with Crippen molar-refractivity contribution in [3.05, 3.63) is 59.7 Å². The number of hydrogen-bond donors (Lipinski definition) is 1. The number of likely N-dealkylation sites (tertiary alicyclic amines) is 1. The molecule has 0 aliphatic carbocycles. The van der Waals surface area contributed by atoms with E-state index in [1.54, 1.807) is 17.2 Å². The molecule has 2 heterocycles. The summed E-state index contributed by atoms with van der Waals surface area (Å²) in [6.07, 6.45) is 3.99. The lowest BCUT2D eigenvalue weighted by Gasteiger charge is -2.34. The molecule has 0 bridgehead atoms. The maximum Gasteiger partial charge on any atom is 0.247 e. The molecule has 2 amide bonds. The lowest BCUT2D eigenvalue weighted by atomic mass is 10.0. The van der Waals surface area contributed by atoms with Crippen LogP contribution in [0.2, 0.25) is 0 Å². The fraction of sp³-hybridized carbons (Fsp3) is 0.368. The Labute approximate surface area is 147 Å². The minimum Gasteiger partial charge on any atom is -0.348 e. The second-order valence-electron chi connectivity index (χ2n) is 6.17. The lowest BCUT2D eigenvalue weighted by Crippen LogP contribution is -2.45. The minimum atomic E-state index is -0.600. The molecule has 1 N–H and O–H groups in total. The zero-order valence-electron chi connectivity index (χ0n) is 14.3. The average Bonchev–Trinajstić information content (AvgIpc) is 2.63. The molecule has 0 saturated carbocycles. The van der Waals surface area contributed by atoms with E-state index in [0.29, 0.717) is 25.3 Å². The quantitative estimate of drug-likeness (QED) is 0.906. The number of aryl methyl sites for hydroxylation is 1. The van der Waals surface area contributed by atoms with Gasteiger partial charge in [0.15, 0.2) is 0 Å². The van der Waals surface area contributed by atoms with Crippen molar-refractivity contribution >= 4 is 11.8 Å². The first-order valence-corrected chi connectivity index (χ1v) is 8.56. The minimum absolute atomic E-state index is 0.0353. The van der Waals surface area contributed by atoms with Gasteiger partial charge in [0, 0.05) is 19.2 Å². The summed E-state index contributed by atoms with van der Waals surface area (Å²) in [5, 5.41) is 2.92. The molecule has 2 aromatic rings. The molecule has 3 rings (SSSR count). The normalized spacial score (nSPS) is 15.7. The van der Waals surface area contributed by atoms with Crippen LogP contribution >= 0.6 is 0 Å². The Hall–Kier alpha value is -2.76. The summed E-state index contributed by atoms with van der Waals surface area (Å²) in [6.45, 7) is 2.73. The molecule has 0 spiro atoms. The van der Waals surface area contributed by atoms with Crippen molar-refractivity contribution in [1.82, 2.24) is 20.2 Å². The number of piperidine rings is 1. The van der Waals surface area contributed by atoms with Gasteiger partial charge >= 0.3 is 0 Å². The lowest BCUT2D eigenvalue weighted by molar-refractivity contribution is -0.142. The van der Waals surface area contributed by atoms with E-state index >= 15 is 0 Å². The summed E-state index contributed by atoms with van der Waals surface area (Å²) in [5.41, 5.74) is 1.58. The zero-order valence-corrected chi connectivity index (χ0v) is 14.3. The molecule has 1 aromatic carbocycles. The molecule has 0 radical (unpaired) electrons. The number of amides is 2. The number of nitrogens with zero attached hydrogens (tertiary/aromatic N) is 3. The van der Waals surface area contributed by atoms with Crippen molar-refractivity contribution in [1.29, 1.82) is 0 Å². The highest BCUT2D eigenvalue weighted by molar-refractivity contribution is 5.89. The van der Waals surface area contributed by atoms with E-state index in [2.05, 4.69) is 15.3 Å². The van der Waals surface area contributed by atoms with E-state index in [0.717, 1.165) is 24.1 Å². The van der Waals surface area contributed by atoms with Gasteiger partial charge in [0.1, 0.15) is 11.9 Å². The summed E-state index contributed by atoms with van der Waals surface area (Å²) in [7, 11) is 0. The van der Waals surface area contributed by atoms with Crippen LogP contribution in [0.25, 0.3) is 0 Å². The van der Waals surface area contributed by atoms with Gasteiger partial charge in [-0.2, -0.15) is 0 Å². The van der Waals surface area contributed by atoms with Crippen LogP contribution in [-0.4, -0.2) is 33.2 Å². The molecule has 1 fully saturated rings. The van der Waals surface area contributed by atoms with Crippen molar-refractivity contribution in [3.63, 3.8) is 0 Å². The summed E-state index contributed by atoms with van der Waals surface area (Å²) in [4.78, 5) is 35.3. The van der Waals surface area contributed by atoms with Gasteiger partial charge < -0.3 is 10.2 Å². The maximum absolute atomic E-state index is 12.9. The molecule has 1 atom stereocenters. The Balaban J connectivity index is 1.78. The van der Waals surface area contributed by atoms with Gasteiger partial charge in [-0.15, -0.1) is 0 Å². The number of aromatic nitrogens is 2. The molecule has 1 saturated heterocycles. The Kier molecular flexibility index (Phi) is 5.38. The fourth-order valence-corrected chi connectivity index (χ4v) is 3.09. The van der Waals surface area contributed by atoms with Gasteiger partial charge in [0.2, 0.25) is 11.8 Å². The van der Waals surface area contributed by atoms with E-state index in [1.165, 1.54) is 0 Å². The number of benzene rings is 1. The van der Waals surface area contributed by atoms with Gasteiger partial charge in [0.25, 0.3) is 0 Å². The standard InChI is InChI=1S/C19H22N4O2/c1-14-20-11-10-16(22-14)13-21-19(25)18(15-7-3-2-4-8-15)23-12-6-5-9-17(23)24/h2-4,7-8,10-11,18H,5-6,9,12-13H2,1H3,(H,21,25)/t18-/m0/s1. The van der Waals surface area contributed by atoms with Crippen LogP contribution in [0, 0.1) is 6.92 Å². The molecule has 0 unspecified atom stereocenters. The average molecular weight is 338 g/mol. The van der Waals surface area contributed by atoms with Crippen molar-refractivity contribution < 1.29 is 9.59 Å². The monoisotopic (exact) mass is 338 g/mol. The van der Waals surface area contributed by atoms with Crippen LogP contribution in [0.1, 0.15) is 42.4 Å². The summed E-state index contributed by atoms with van der Waals surface area (Å²) >= 11 is 0. The van der Waals surface area contributed by atoms with E-state index in [-0.39, 0.29) is 11.8 Å². The van der Waals surface area contributed by atoms with Crippen molar-refractivity contribution in [2.45, 2.75) is 38.8 Å². The fourth-order valence-electron chi connectivity index (χ4n) is 3.09. The molecule has 1 aliphatic heterocycles. The Morgan fingerprint density at radius 2 is 2.04 bits per heavy atom. The molecule has 6 nitrogen and oxygen atoms in total. The predicted molar refractivity (Wildman–Crippen MR) is 93.4 cm³/mol. The number of nitrogens with one attached hydrogen (secondary N) is 1. The first-order chi connectivity index (χ1) is 12.1. The van der Waals surface area contributed by atoms with Gasteiger partial charge in [-0.05, 0) is 31.4 Å². The first kappa shape index (κ1) is 17.1. The van der Waals surface area contributed by atoms with Gasteiger partial charge in [-0.1, -0.05) is 30.3 Å². The van der Waals surface area contributed by atoms with E-state index in [4.69, 9.17) is 0 Å². The Bertz CT molecular complexity index is 748. The van der Waals surface area contributed by atoms with Crippen molar-refractivity contribution in [2.75, 3.05) is 6.54 Å². The third-order valence-electron chi connectivity index (χ3n) is 4.31. The number of carbonyl (C=O) groups is 2. The topological polar surface area (TPSA) is 75.2 Å². The molecule has 130 valence electrons. The molecular formula is C19H22N4O2. The third-order valence-corrected chi connectivity index (χ3v) is 4.31. The van der Waals surface area contributed by atoms with Crippen LogP contribution in [0.5, 0.6) is 0 Å². The Morgan fingerprint density at radius 1 is 1.24 bits per heavy atom. The van der Waals surface area contributed by atoms with Crippen LogP contribution in [0.3, 0.4) is 0 Å². The second kappa shape index (κ2) is 7.88. The van der Waals surface area contributed by atoms with E-state index in [9.17, 15) is 9.59 Å². The second-order valence-corrected chi connectivity index (χ2v) is 6.17. The van der Waals surface area contributed by atoms with E-state index < -0.39 is 6.04 Å². The number of rotatable bonds is 5. The highest BCUT2D eigenvalue weighted by atomic mass is 16.2. The van der Waals surface area contributed by atoms with E-state index in [1.807, 2.05) is 37.3 Å². The zero-order chi connectivity index (χ0) is 17.6. The van der Waals surface area contributed by atoms with Crippen LogP contribution in [0.4, 0.5) is 0 Å². The largest absolute Gasteiger partial charge is 0.348 e. The van der Waals surface area contributed by atoms with Crippen LogP contribution < -0.4 is 5.32 Å². The van der Waals surface area contributed by atoms with Gasteiger partial charge in [0.05, 0.1) is 12.2 Å².